The third-order valence-electron chi connectivity index (χ3n) is 7.25. The molecule has 1 saturated heterocycles. The zero-order valence-corrected chi connectivity index (χ0v) is 25.1. The molecule has 5 aromatic rings. The summed E-state index contributed by atoms with van der Waals surface area (Å²) >= 11 is 12.4. The number of benzene rings is 3. The zero-order valence-electron chi connectivity index (χ0n) is 23.6. The van der Waals surface area contributed by atoms with E-state index in [1.54, 1.807) is 97.9 Å². The number of halogens is 2. The average molecular weight is 647 g/mol. The van der Waals surface area contributed by atoms with Gasteiger partial charge in [-0.1, -0.05) is 66.2 Å². The lowest BCUT2D eigenvalue weighted by molar-refractivity contribution is -0.108. The highest BCUT2D eigenvalue weighted by molar-refractivity contribution is 6.35. The first-order valence-corrected chi connectivity index (χ1v) is 14.5. The largest absolute Gasteiger partial charge is 0.459 e. The van der Waals surface area contributed by atoms with Crippen LogP contribution in [0.3, 0.4) is 0 Å². The summed E-state index contributed by atoms with van der Waals surface area (Å²) in [6.07, 6.45) is -2.26. The molecule has 3 aromatic carbocycles. The van der Waals surface area contributed by atoms with E-state index in [9.17, 15) is 14.4 Å². The van der Waals surface area contributed by atoms with Gasteiger partial charge in [0.2, 0.25) is 5.28 Å². The monoisotopic (exact) mass is 646 g/mol. The quantitative estimate of drug-likeness (QED) is 0.0891. The Labute approximate surface area is 266 Å². The van der Waals surface area contributed by atoms with E-state index in [4.69, 9.17) is 42.1 Å². The van der Waals surface area contributed by atoms with Gasteiger partial charge in [0, 0.05) is 0 Å². The number of rotatable bonds is 8. The number of hydrogen-bond acceptors (Lipinski definition) is 10. The van der Waals surface area contributed by atoms with Gasteiger partial charge in [-0.05, 0) is 54.9 Å². The number of esters is 3. The average Bonchev–Trinajstić information content (AvgIpc) is 3.59. The van der Waals surface area contributed by atoms with Crippen LogP contribution in [0.1, 0.15) is 44.2 Å². The molecule has 1 aliphatic heterocycles. The molecule has 1 fully saturated rings. The van der Waals surface area contributed by atoms with Crippen LogP contribution in [-0.2, 0) is 18.9 Å². The Balaban J connectivity index is 1.43. The van der Waals surface area contributed by atoms with Gasteiger partial charge in [0.15, 0.2) is 28.7 Å². The molecule has 0 aliphatic carbocycles. The maximum absolute atomic E-state index is 13.6. The smallest absolute Gasteiger partial charge is 0.338 e. The van der Waals surface area contributed by atoms with Crippen molar-refractivity contribution < 1.29 is 33.3 Å². The second-order valence-corrected chi connectivity index (χ2v) is 10.9. The fraction of sp³-hybridized carbons (Fsp3) is 0.188. The molecule has 0 radical (unpaired) electrons. The number of aromatic nitrogens is 4. The van der Waals surface area contributed by atoms with E-state index in [1.807, 2.05) is 0 Å². The number of carbonyl (C=O) groups excluding carboxylic acids is 3. The fourth-order valence-electron chi connectivity index (χ4n) is 5.09. The fourth-order valence-corrected chi connectivity index (χ4v) is 5.51. The molecule has 0 N–H and O–H groups in total. The van der Waals surface area contributed by atoms with Crippen molar-refractivity contribution in [1.82, 2.24) is 19.5 Å². The summed E-state index contributed by atoms with van der Waals surface area (Å²) in [6.45, 7) is 1.19. The van der Waals surface area contributed by atoms with Crippen molar-refractivity contribution in [2.24, 2.45) is 0 Å². The van der Waals surface area contributed by atoms with Gasteiger partial charge in [0.05, 0.1) is 23.0 Å². The van der Waals surface area contributed by atoms with E-state index in [0.29, 0.717) is 5.56 Å². The topological polar surface area (TPSA) is 132 Å². The van der Waals surface area contributed by atoms with Crippen LogP contribution >= 0.6 is 23.2 Å². The second kappa shape index (κ2) is 12.6. The standard InChI is InChI=1S/C32H24Cl2N4O7/c1-32(45-29(41)21-15-9-4-10-16-21)24(44-28(40)20-13-7-3-8-14-20)22(17-42-27(39)19-11-5-2-6-12-19)43-30(32)38-18-35-23-25(33)36-31(34)37-26(23)38/h2-16,18,22,24,30H,17H2,1H3/t22-,24-,30-,32-/m1/s1. The Kier molecular flexibility index (Phi) is 8.48. The maximum Gasteiger partial charge on any atom is 0.338 e. The molecule has 4 atom stereocenters. The lowest BCUT2D eigenvalue weighted by Gasteiger charge is -2.34. The van der Waals surface area contributed by atoms with Crippen LogP contribution in [0.2, 0.25) is 10.4 Å². The van der Waals surface area contributed by atoms with Gasteiger partial charge in [0.25, 0.3) is 0 Å². The van der Waals surface area contributed by atoms with Gasteiger partial charge in [0.1, 0.15) is 18.2 Å². The molecular weight excluding hydrogens is 623 g/mol. The van der Waals surface area contributed by atoms with Gasteiger partial charge < -0.3 is 18.9 Å². The maximum atomic E-state index is 13.6. The Bertz CT molecular complexity index is 1860. The van der Waals surface area contributed by atoms with Crippen molar-refractivity contribution in [3.8, 4) is 0 Å². The molecule has 0 saturated carbocycles. The van der Waals surface area contributed by atoms with Gasteiger partial charge in [-0.15, -0.1) is 0 Å². The van der Waals surface area contributed by atoms with Crippen molar-refractivity contribution in [1.29, 1.82) is 0 Å². The Hall–Kier alpha value is -4.84. The number of imidazole rings is 1. The predicted octanol–water partition coefficient (Wildman–Crippen LogP) is 5.73. The van der Waals surface area contributed by atoms with Crippen LogP contribution in [0, 0.1) is 0 Å². The molecule has 0 amide bonds. The minimum Gasteiger partial charge on any atom is -0.459 e. The van der Waals surface area contributed by atoms with E-state index >= 15 is 0 Å². The lowest BCUT2D eigenvalue weighted by atomic mass is 9.95. The molecule has 11 nitrogen and oxygen atoms in total. The zero-order chi connectivity index (χ0) is 31.6. The molecule has 228 valence electrons. The van der Waals surface area contributed by atoms with Crippen molar-refractivity contribution >= 4 is 52.3 Å². The molecule has 45 heavy (non-hydrogen) atoms. The highest BCUT2D eigenvalue weighted by Gasteiger charge is 2.60. The minimum atomic E-state index is -1.74. The number of hydrogen-bond donors (Lipinski definition) is 0. The van der Waals surface area contributed by atoms with E-state index in [-0.39, 0.29) is 39.3 Å². The van der Waals surface area contributed by atoms with E-state index in [0.717, 1.165) is 0 Å². The SMILES string of the molecule is C[C@@]1(OC(=O)c2ccccc2)[C@H](OC(=O)c2ccccc2)[C@@H](COC(=O)c2ccccc2)O[C@H]1n1cnc2c(Cl)nc(Cl)nc21. The van der Waals surface area contributed by atoms with Crippen LogP contribution in [0.15, 0.2) is 97.3 Å². The number of ether oxygens (including phenoxy) is 4. The van der Waals surface area contributed by atoms with Gasteiger partial charge >= 0.3 is 17.9 Å². The summed E-state index contributed by atoms with van der Waals surface area (Å²) in [4.78, 5) is 52.4. The summed E-state index contributed by atoms with van der Waals surface area (Å²) in [5, 5.41) is -0.166. The molecule has 0 spiro atoms. The summed E-state index contributed by atoms with van der Waals surface area (Å²) < 4.78 is 25.7. The first-order valence-electron chi connectivity index (χ1n) is 13.7. The summed E-state index contributed by atoms with van der Waals surface area (Å²) in [6, 6.07) is 24.9. The van der Waals surface area contributed by atoms with Crippen LogP contribution < -0.4 is 0 Å². The van der Waals surface area contributed by atoms with Gasteiger partial charge in [-0.25, -0.2) is 24.4 Å². The minimum absolute atomic E-state index is 0.00914. The van der Waals surface area contributed by atoms with Crippen LogP contribution in [0.25, 0.3) is 11.2 Å². The normalized spacial score (nSPS) is 20.9. The van der Waals surface area contributed by atoms with Crippen molar-refractivity contribution in [3.05, 3.63) is 124 Å². The molecule has 6 rings (SSSR count). The molecule has 13 heteroatoms. The van der Waals surface area contributed by atoms with E-state index in [1.165, 1.54) is 10.9 Å². The highest BCUT2D eigenvalue weighted by Crippen LogP contribution is 2.45. The molecular formula is C32H24Cl2N4O7. The molecule has 3 heterocycles. The summed E-state index contributed by atoms with van der Waals surface area (Å²) in [7, 11) is 0. The first kappa shape index (κ1) is 30.2. The highest BCUT2D eigenvalue weighted by atomic mass is 35.5. The summed E-state index contributed by atoms with van der Waals surface area (Å²) in [5.74, 6) is -2.06. The van der Waals surface area contributed by atoms with Crippen LogP contribution in [0.5, 0.6) is 0 Å². The Morgan fingerprint density at radius 3 is 1.98 bits per heavy atom. The summed E-state index contributed by atoms with van der Waals surface area (Å²) in [5.41, 5.74) is -0.561. The number of fused-ring (bicyclic) bond motifs is 1. The predicted molar refractivity (Wildman–Crippen MR) is 162 cm³/mol. The molecule has 1 aliphatic rings. The van der Waals surface area contributed by atoms with Crippen molar-refractivity contribution in [2.75, 3.05) is 6.61 Å². The third kappa shape index (κ3) is 6.10. The molecule has 2 aromatic heterocycles. The molecule has 0 unspecified atom stereocenters. The molecule has 0 bridgehead atoms. The number of carbonyl (C=O) groups is 3. The van der Waals surface area contributed by atoms with E-state index < -0.39 is 41.9 Å². The Morgan fingerprint density at radius 2 is 1.38 bits per heavy atom. The third-order valence-corrected chi connectivity index (χ3v) is 7.69. The van der Waals surface area contributed by atoms with Gasteiger partial charge in [-0.3, -0.25) is 4.57 Å². The lowest BCUT2D eigenvalue weighted by Crippen LogP contribution is -2.50. The van der Waals surface area contributed by atoms with E-state index in [2.05, 4.69) is 15.0 Å². The van der Waals surface area contributed by atoms with Gasteiger partial charge in [-0.2, -0.15) is 4.98 Å². The van der Waals surface area contributed by atoms with Crippen LogP contribution in [-0.4, -0.2) is 61.8 Å². The first-order chi connectivity index (χ1) is 21.7. The van der Waals surface area contributed by atoms with Crippen LogP contribution in [0.4, 0.5) is 0 Å². The van der Waals surface area contributed by atoms with Crippen molar-refractivity contribution in [3.63, 3.8) is 0 Å². The van der Waals surface area contributed by atoms with Crippen molar-refractivity contribution in [2.45, 2.75) is 31.0 Å². The Morgan fingerprint density at radius 1 is 0.822 bits per heavy atom. The second-order valence-electron chi connectivity index (χ2n) is 10.2. The number of nitrogens with zero attached hydrogens (tertiary/aromatic N) is 4.